The minimum Gasteiger partial charge on any atom is -0.491 e. The molecule has 2 atom stereocenters. The Hall–Kier alpha value is -1.83. The molecule has 2 heterocycles. The Labute approximate surface area is 176 Å². The van der Waals surface area contributed by atoms with Crippen LogP contribution < -0.4 is 4.74 Å². The molecule has 0 radical (unpaired) electrons. The van der Waals surface area contributed by atoms with Gasteiger partial charge in [0.25, 0.3) is 0 Å². The molecular formula is C19H16Cl3N3O3. The second kappa shape index (κ2) is 8.27. The standard InChI is InChI=1S/C19H16Cl3N3O3/c20-14-3-1-13(2-4-14)19(10-25-12-23-11-24-25)27-9-16(28-19)8-26-15-5-6-17(21)18(22)7-15/h1-7,11-12,16H,8-10H2. The highest BCUT2D eigenvalue weighted by molar-refractivity contribution is 6.42. The van der Waals surface area contributed by atoms with Crippen LogP contribution in [-0.2, 0) is 21.8 Å². The van der Waals surface area contributed by atoms with Crippen LogP contribution in [0.2, 0.25) is 15.1 Å². The SMILES string of the molecule is Clc1ccc(C2(Cn3cncn3)OCC(COc3ccc(Cl)c(Cl)c3)O2)cc1. The van der Waals surface area contributed by atoms with Gasteiger partial charge in [0.05, 0.1) is 16.7 Å². The molecule has 1 aliphatic rings. The Kier molecular flexibility index (Phi) is 5.75. The van der Waals surface area contributed by atoms with Crippen molar-refractivity contribution in [3.05, 3.63) is 75.8 Å². The maximum Gasteiger partial charge on any atom is 0.215 e. The first kappa shape index (κ1) is 19.5. The highest BCUT2D eigenvalue weighted by atomic mass is 35.5. The number of rotatable bonds is 6. The molecule has 28 heavy (non-hydrogen) atoms. The van der Waals surface area contributed by atoms with Gasteiger partial charge in [-0.3, -0.25) is 0 Å². The van der Waals surface area contributed by atoms with Gasteiger partial charge in [-0.2, -0.15) is 5.10 Å². The lowest BCUT2D eigenvalue weighted by molar-refractivity contribution is -0.190. The molecule has 9 heteroatoms. The van der Waals surface area contributed by atoms with Crippen LogP contribution in [0.5, 0.6) is 5.75 Å². The first-order chi connectivity index (χ1) is 13.5. The average Bonchev–Trinajstić information content (AvgIpc) is 3.34. The summed E-state index contributed by atoms with van der Waals surface area (Å²) in [5.74, 6) is -0.400. The molecule has 0 bridgehead atoms. The second-order valence-electron chi connectivity index (χ2n) is 6.29. The number of nitrogens with zero attached hydrogens (tertiary/aromatic N) is 3. The van der Waals surface area contributed by atoms with Crippen molar-refractivity contribution in [3.8, 4) is 5.75 Å². The fraction of sp³-hybridized carbons (Fsp3) is 0.263. The van der Waals surface area contributed by atoms with Gasteiger partial charge in [-0.05, 0) is 24.3 Å². The molecule has 2 unspecified atom stereocenters. The van der Waals surface area contributed by atoms with Gasteiger partial charge in [-0.1, -0.05) is 46.9 Å². The Morgan fingerprint density at radius 3 is 2.64 bits per heavy atom. The largest absolute Gasteiger partial charge is 0.491 e. The minimum absolute atomic E-state index is 0.284. The monoisotopic (exact) mass is 439 g/mol. The summed E-state index contributed by atoms with van der Waals surface area (Å²) in [7, 11) is 0. The Bertz CT molecular complexity index is 937. The predicted molar refractivity (Wildman–Crippen MR) is 106 cm³/mol. The van der Waals surface area contributed by atoms with Crippen LogP contribution in [-0.4, -0.2) is 34.1 Å². The highest BCUT2D eigenvalue weighted by Gasteiger charge is 2.44. The maximum absolute atomic E-state index is 6.29. The lowest BCUT2D eigenvalue weighted by atomic mass is 10.1. The lowest BCUT2D eigenvalue weighted by Gasteiger charge is -2.28. The number of halogens is 3. The molecule has 0 saturated carbocycles. The lowest BCUT2D eigenvalue weighted by Crippen LogP contribution is -2.34. The van der Waals surface area contributed by atoms with Crippen molar-refractivity contribution in [2.45, 2.75) is 18.4 Å². The molecular weight excluding hydrogens is 425 g/mol. The Morgan fingerprint density at radius 2 is 1.93 bits per heavy atom. The fourth-order valence-electron chi connectivity index (χ4n) is 2.96. The molecule has 3 aromatic rings. The molecule has 6 nitrogen and oxygen atoms in total. The van der Waals surface area contributed by atoms with E-state index in [-0.39, 0.29) is 6.10 Å². The smallest absolute Gasteiger partial charge is 0.215 e. The van der Waals surface area contributed by atoms with E-state index >= 15 is 0 Å². The van der Waals surface area contributed by atoms with Crippen LogP contribution in [0.15, 0.2) is 55.1 Å². The summed E-state index contributed by atoms with van der Waals surface area (Å²) in [6.07, 6.45) is 2.80. The summed E-state index contributed by atoms with van der Waals surface area (Å²) in [6, 6.07) is 12.5. The topological polar surface area (TPSA) is 58.4 Å². The van der Waals surface area contributed by atoms with Crippen molar-refractivity contribution < 1.29 is 14.2 Å². The van der Waals surface area contributed by atoms with Crippen LogP contribution in [0.3, 0.4) is 0 Å². The molecule has 2 aromatic carbocycles. The number of ether oxygens (including phenoxy) is 3. The van der Waals surface area contributed by atoms with Gasteiger partial charge in [0.2, 0.25) is 5.79 Å². The maximum atomic E-state index is 6.29. The van der Waals surface area contributed by atoms with Gasteiger partial charge < -0.3 is 14.2 Å². The van der Waals surface area contributed by atoms with Gasteiger partial charge in [0.15, 0.2) is 0 Å². The number of hydrogen-bond donors (Lipinski definition) is 0. The minimum atomic E-state index is -1.01. The van der Waals surface area contributed by atoms with Crippen molar-refractivity contribution in [2.24, 2.45) is 0 Å². The van der Waals surface area contributed by atoms with E-state index in [1.54, 1.807) is 41.3 Å². The van der Waals surface area contributed by atoms with Crippen molar-refractivity contribution in [1.29, 1.82) is 0 Å². The van der Waals surface area contributed by atoms with Gasteiger partial charge in [0.1, 0.15) is 37.7 Å². The van der Waals surface area contributed by atoms with Crippen LogP contribution in [0.25, 0.3) is 0 Å². The van der Waals surface area contributed by atoms with Crippen molar-refractivity contribution in [3.63, 3.8) is 0 Å². The summed E-state index contributed by atoms with van der Waals surface area (Å²) in [5.41, 5.74) is 0.837. The quantitative estimate of drug-likeness (QED) is 0.561. The first-order valence-corrected chi connectivity index (χ1v) is 9.65. The van der Waals surface area contributed by atoms with E-state index in [0.29, 0.717) is 40.6 Å². The predicted octanol–water partition coefficient (Wildman–Crippen LogP) is 4.59. The third-order valence-electron chi connectivity index (χ3n) is 4.31. The molecule has 1 aliphatic heterocycles. The molecule has 146 valence electrons. The summed E-state index contributed by atoms with van der Waals surface area (Å²) >= 11 is 18.0. The highest BCUT2D eigenvalue weighted by Crippen LogP contribution is 2.37. The van der Waals surface area contributed by atoms with Gasteiger partial charge in [-0.25, -0.2) is 9.67 Å². The summed E-state index contributed by atoms with van der Waals surface area (Å²) < 4.78 is 19.9. The molecule has 0 spiro atoms. The third kappa shape index (κ3) is 4.26. The van der Waals surface area contributed by atoms with E-state index in [2.05, 4.69) is 10.1 Å². The van der Waals surface area contributed by atoms with Crippen molar-refractivity contribution in [1.82, 2.24) is 14.8 Å². The zero-order valence-electron chi connectivity index (χ0n) is 14.6. The summed E-state index contributed by atoms with van der Waals surface area (Å²) in [4.78, 5) is 3.99. The Morgan fingerprint density at radius 1 is 1.11 bits per heavy atom. The average molecular weight is 441 g/mol. The van der Waals surface area contributed by atoms with E-state index in [9.17, 15) is 0 Å². The summed E-state index contributed by atoms with van der Waals surface area (Å²) in [5, 5.41) is 5.71. The van der Waals surface area contributed by atoms with Crippen molar-refractivity contribution in [2.75, 3.05) is 13.2 Å². The van der Waals surface area contributed by atoms with E-state index in [1.807, 2.05) is 12.1 Å². The van der Waals surface area contributed by atoms with Crippen LogP contribution in [0, 0.1) is 0 Å². The zero-order valence-corrected chi connectivity index (χ0v) is 16.9. The summed E-state index contributed by atoms with van der Waals surface area (Å²) in [6.45, 7) is 1.00. The van der Waals surface area contributed by atoms with Crippen LogP contribution in [0.4, 0.5) is 0 Å². The van der Waals surface area contributed by atoms with E-state index in [4.69, 9.17) is 49.0 Å². The first-order valence-electron chi connectivity index (χ1n) is 8.52. The Balaban J connectivity index is 1.50. The fourth-order valence-corrected chi connectivity index (χ4v) is 3.37. The molecule has 4 rings (SSSR count). The molecule has 1 saturated heterocycles. The number of aromatic nitrogens is 3. The van der Waals surface area contributed by atoms with Crippen molar-refractivity contribution >= 4 is 34.8 Å². The number of hydrogen-bond acceptors (Lipinski definition) is 5. The van der Waals surface area contributed by atoms with Gasteiger partial charge >= 0.3 is 0 Å². The zero-order chi connectivity index (χ0) is 19.6. The van der Waals surface area contributed by atoms with E-state index in [0.717, 1.165) is 5.56 Å². The molecule has 0 N–H and O–H groups in total. The molecule has 1 aromatic heterocycles. The normalized spacial score (nSPS) is 21.8. The van der Waals surface area contributed by atoms with Crippen LogP contribution in [0.1, 0.15) is 5.56 Å². The molecule has 1 fully saturated rings. The number of benzene rings is 2. The van der Waals surface area contributed by atoms with Gasteiger partial charge in [-0.15, -0.1) is 0 Å². The molecule has 0 aliphatic carbocycles. The second-order valence-corrected chi connectivity index (χ2v) is 7.54. The van der Waals surface area contributed by atoms with E-state index < -0.39 is 5.79 Å². The van der Waals surface area contributed by atoms with E-state index in [1.165, 1.54) is 6.33 Å². The van der Waals surface area contributed by atoms with Gasteiger partial charge in [0, 0.05) is 16.7 Å². The van der Waals surface area contributed by atoms with Crippen LogP contribution >= 0.6 is 34.8 Å². The molecule has 0 amide bonds. The third-order valence-corrected chi connectivity index (χ3v) is 5.30.